The first kappa shape index (κ1) is 18.4. The highest BCUT2D eigenvalue weighted by molar-refractivity contribution is 6.07. The van der Waals surface area contributed by atoms with Crippen molar-refractivity contribution < 1.29 is 14.4 Å². The standard InChI is InChI=1S/C20H18N6O3/c1-26-10-9-21-17(26)20(18(28)24-19(29)25-20)12-23-16(27)14-7-8-15(22-11-14)13-5-3-2-4-6-13/h2-11H,12H2,1H3,(H,23,27)(H2,24,25,28,29). The molecule has 1 unspecified atom stereocenters. The second-order valence-corrected chi connectivity index (χ2v) is 6.66. The number of urea groups is 1. The molecule has 0 spiro atoms. The Morgan fingerprint density at radius 3 is 2.52 bits per heavy atom. The lowest BCUT2D eigenvalue weighted by Crippen LogP contribution is -2.54. The fraction of sp³-hybridized carbons (Fsp3) is 0.150. The van der Waals surface area contributed by atoms with Crippen molar-refractivity contribution in [3.8, 4) is 11.3 Å². The van der Waals surface area contributed by atoms with Crippen LogP contribution in [0.1, 0.15) is 16.2 Å². The Morgan fingerprint density at radius 1 is 1.14 bits per heavy atom. The minimum atomic E-state index is -1.48. The Kier molecular flexibility index (Phi) is 4.55. The van der Waals surface area contributed by atoms with Crippen molar-refractivity contribution in [3.05, 3.63) is 72.4 Å². The minimum absolute atomic E-state index is 0.158. The summed E-state index contributed by atoms with van der Waals surface area (Å²) in [5.41, 5.74) is 0.541. The summed E-state index contributed by atoms with van der Waals surface area (Å²) in [5.74, 6) is -0.673. The second kappa shape index (κ2) is 7.19. The number of aromatic nitrogens is 3. The van der Waals surface area contributed by atoms with Crippen molar-refractivity contribution in [2.75, 3.05) is 6.54 Å². The van der Waals surface area contributed by atoms with Crippen LogP contribution in [0.4, 0.5) is 4.79 Å². The van der Waals surface area contributed by atoms with Crippen LogP contribution >= 0.6 is 0 Å². The van der Waals surface area contributed by atoms with Gasteiger partial charge in [-0.2, -0.15) is 0 Å². The number of amides is 4. The Labute approximate surface area is 166 Å². The van der Waals surface area contributed by atoms with Crippen LogP contribution < -0.4 is 16.0 Å². The van der Waals surface area contributed by atoms with Gasteiger partial charge in [0, 0.05) is 31.2 Å². The predicted octanol–water partition coefficient (Wildman–Crippen LogP) is 0.947. The molecule has 1 fully saturated rings. The molecule has 9 heteroatoms. The van der Waals surface area contributed by atoms with Gasteiger partial charge in [-0.05, 0) is 12.1 Å². The molecule has 1 aliphatic rings. The molecule has 1 aliphatic heterocycles. The molecule has 9 nitrogen and oxygen atoms in total. The van der Waals surface area contributed by atoms with E-state index in [-0.39, 0.29) is 6.54 Å². The average Bonchev–Trinajstić information content (AvgIpc) is 3.29. The summed E-state index contributed by atoms with van der Waals surface area (Å²) < 4.78 is 1.62. The Balaban J connectivity index is 1.53. The van der Waals surface area contributed by atoms with Crippen LogP contribution in [0.5, 0.6) is 0 Å². The molecule has 1 aromatic carbocycles. The number of carbonyl (C=O) groups is 3. The van der Waals surface area contributed by atoms with Crippen LogP contribution in [0.15, 0.2) is 61.1 Å². The molecule has 0 bridgehead atoms. The van der Waals surface area contributed by atoms with E-state index in [0.717, 1.165) is 11.3 Å². The van der Waals surface area contributed by atoms with Crippen LogP contribution in [-0.2, 0) is 17.4 Å². The molecule has 1 saturated heterocycles. The number of pyridine rings is 1. The normalized spacial score (nSPS) is 18.2. The summed E-state index contributed by atoms with van der Waals surface area (Å²) in [6, 6.07) is 12.4. The average molecular weight is 390 g/mol. The molecule has 4 rings (SSSR count). The van der Waals surface area contributed by atoms with E-state index in [1.165, 1.54) is 12.4 Å². The van der Waals surface area contributed by atoms with Crippen molar-refractivity contribution >= 4 is 17.8 Å². The zero-order chi connectivity index (χ0) is 20.4. The quantitative estimate of drug-likeness (QED) is 0.561. The molecule has 0 saturated carbocycles. The molecule has 0 aliphatic carbocycles. The number of imide groups is 1. The molecule has 0 radical (unpaired) electrons. The minimum Gasteiger partial charge on any atom is -0.349 e. The first-order chi connectivity index (χ1) is 14.0. The van der Waals surface area contributed by atoms with Crippen molar-refractivity contribution in [3.63, 3.8) is 0 Å². The summed E-state index contributed by atoms with van der Waals surface area (Å²) in [7, 11) is 1.70. The molecule has 3 aromatic rings. The zero-order valence-electron chi connectivity index (χ0n) is 15.5. The molecule has 4 amide bonds. The second-order valence-electron chi connectivity index (χ2n) is 6.66. The van der Waals surface area contributed by atoms with Crippen molar-refractivity contribution in [1.82, 2.24) is 30.5 Å². The molecule has 29 heavy (non-hydrogen) atoms. The van der Waals surface area contributed by atoms with E-state index in [0.29, 0.717) is 11.4 Å². The van der Waals surface area contributed by atoms with E-state index < -0.39 is 23.4 Å². The Bertz CT molecular complexity index is 1080. The highest BCUT2D eigenvalue weighted by Crippen LogP contribution is 2.23. The number of nitrogens with zero attached hydrogens (tertiary/aromatic N) is 3. The maximum Gasteiger partial charge on any atom is 0.322 e. The number of imidazole rings is 1. The SMILES string of the molecule is Cn1ccnc1C1(CNC(=O)c2ccc(-c3ccccc3)nc2)NC(=O)NC1=O. The highest BCUT2D eigenvalue weighted by Gasteiger charge is 2.50. The van der Waals surface area contributed by atoms with Gasteiger partial charge in [-0.25, -0.2) is 9.78 Å². The van der Waals surface area contributed by atoms with Crippen LogP contribution in [0.25, 0.3) is 11.3 Å². The van der Waals surface area contributed by atoms with Crippen LogP contribution in [-0.4, -0.2) is 38.9 Å². The molecule has 3 N–H and O–H groups in total. The van der Waals surface area contributed by atoms with E-state index in [9.17, 15) is 14.4 Å². The number of benzene rings is 1. The monoisotopic (exact) mass is 390 g/mol. The van der Waals surface area contributed by atoms with E-state index in [4.69, 9.17) is 0 Å². The first-order valence-electron chi connectivity index (χ1n) is 8.91. The summed E-state index contributed by atoms with van der Waals surface area (Å²) in [6.45, 7) is -0.158. The van der Waals surface area contributed by atoms with Crippen molar-refractivity contribution in [2.24, 2.45) is 7.05 Å². The molecular formula is C20H18N6O3. The van der Waals surface area contributed by atoms with E-state index in [1.54, 1.807) is 29.9 Å². The van der Waals surface area contributed by atoms with Gasteiger partial charge in [0.25, 0.3) is 11.8 Å². The highest BCUT2D eigenvalue weighted by atomic mass is 16.2. The Hall–Kier alpha value is -4.01. The summed E-state index contributed by atoms with van der Waals surface area (Å²) >= 11 is 0. The number of hydrogen-bond acceptors (Lipinski definition) is 5. The zero-order valence-corrected chi connectivity index (χ0v) is 15.5. The number of hydrogen-bond donors (Lipinski definition) is 3. The van der Waals surface area contributed by atoms with Crippen molar-refractivity contribution in [2.45, 2.75) is 5.54 Å². The van der Waals surface area contributed by atoms with Gasteiger partial charge in [-0.3, -0.25) is 19.9 Å². The van der Waals surface area contributed by atoms with E-state index in [1.807, 2.05) is 30.3 Å². The molecule has 3 heterocycles. The lowest BCUT2D eigenvalue weighted by molar-refractivity contribution is -0.124. The molecule has 2 aromatic heterocycles. The lowest BCUT2D eigenvalue weighted by Gasteiger charge is -2.25. The van der Waals surface area contributed by atoms with Gasteiger partial charge in [0.15, 0.2) is 5.54 Å². The molecular weight excluding hydrogens is 372 g/mol. The number of aryl methyl sites for hydroxylation is 1. The molecule has 146 valence electrons. The third kappa shape index (κ3) is 3.33. The van der Waals surface area contributed by atoms with Gasteiger partial charge in [-0.1, -0.05) is 30.3 Å². The fourth-order valence-corrected chi connectivity index (χ4v) is 3.25. The van der Waals surface area contributed by atoms with E-state index >= 15 is 0 Å². The third-order valence-corrected chi connectivity index (χ3v) is 4.75. The van der Waals surface area contributed by atoms with E-state index in [2.05, 4.69) is 25.9 Å². The van der Waals surface area contributed by atoms with Gasteiger partial charge in [0.2, 0.25) is 0 Å². The van der Waals surface area contributed by atoms with Crippen molar-refractivity contribution in [1.29, 1.82) is 0 Å². The number of rotatable bonds is 5. The summed E-state index contributed by atoms with van der Waals surface area (Å²) in [4.78, 5) is 45.4. The number of carbonyl (C=O) groups excluding carboxylic acids is 3. The van der Waals surface area contributed by atoms with Gasteiger partial charge in [0.05, 0.1) is 17.8 Å². The largest absolute Gasteiger partial charge is 0.349 e. The Morgan fingerprint density at radius 2 is 1.93 bits per heavy atom. The summed E-state index contributed by atoms with van der Waals surface area (Å²) in [6.07, 6.45) is 4.64. The van der Waals surface area contributed by atoms with Crippen LogP contribution in [0.3, 0.4) is 0 Å². The third-order valence-electron chi connectivity index (χ3n) is 4.75. The summed E-state index contributed by atoms with van der Waals surface area (Å²) in [5, 5.41) is 7.49. The predicted molar refractivity (Wildman–Crippen MR) is 104 cm³/mol. The van der Waals surface area contributed by atoms with Crippen LogP contribution in [0.2, 0.25) is 0 Å². The first-order valence-corrected chi connectivity index (χ1v) is 8.91. The maximum atomic E-state index is 12.6. The topological polar surface area (TPSA) is 118 Å². The smallest absolute Gasteiger partial charge is 0.322 e. The number of nitrogens with one attached hydrogen (secondary N) is 3. The van der Waals surface area contributed by atoms with Crippen LogP contribution in [0, 0.1) is 0 Å². The molecule has 1 atom stereocenters. The fourth-order valence-electron chi connectivity index (χ4n) is 3.25. The van der Waals surface area contributed by atoms with Gasteiger partial charge in [-0.15, -0.1) is 0 Å². The van der Waals surface area contributed by atoms with Gasteiger partial charge >= 0.3 is 6.03 Å². The maximum absolute atomic E-state index is 12.6. The lowest BCUT2D eigenvalue weighted by atomic mass is 9.98. The van der Waals surface area contributed by atoms with Gasteiger partial charge < -0.3 is 15.2 Å². The van der Waals surface area contributed by atoms with Gasteiger partial charge in [0.1, 0.15) is 5.82 Å².